The number of rotatable bonds is 4. The molecule has 0 saturated heterocycles. The Morgan fingerprint density at radius 2 is 2.25 bits per heavy atom. The third-order valence-electron chi connectivity index (χ3n) is 4.18. The second-order valence-corrected chi connectivity index (χ2v) is 5.78. The van der Waals surface area contributed by atoms with Crippen molar-refractivity contribution in [2.75, 3.05) is 6.61 Å². The van der Waals surface area contributed by atoms with E-state index in [2.05, 4.69) is 5.32 Å². The van der Waals surface area contributed by atoms with Crippen LogP contribution in [0.3, 0.4) is 0 Å². The number of nitrogens with one attached hydrogen (secondary N) is 1. The molecule has 0 spiro atoms. The largest absolute Gasteiger partial charge is 0.464 e. The average molecular weight is 273 g/mol. The van der Waals surface area contributed by atoms with Gasteiger partial charge in [-0.15, -0.1) is 0 Å². The first-order chi connectivity index (χ1) is 9.62. The number of carbonyl (C=O) groups excluding carboxylic acids is 1. The Hall–Kier alpha value is -1.81. The number of carbonyl (C=O) groups is 1. The van der Waals surface area contributed by atoms with Crippen molar-refractivity contribution < 1.29 is 14.3 Å². The lowest BCUT2D eigenvalue weighted by Gasteiger charge is -2.40. The second kappa shape index (κ2) is 4.94. The number of fused-ring (bicyclic) bond motifs is 1. The average Bonchev–Trinajstić information content (AvgIpc) is 2.76. The molecule has 1 aromatic heterocycles. The van der Waals surface area contributed by atoms with Crippen molar-refractivity contribution in [2.24, 2.45) is 0 Å². The van der Waals surface area contributed by atoms with Crippen molar-refractivity contribution in [1.29, 1.82) is 0 Å². The van der Waals surface area contributed by atoms with Crippen LogP contribution in [0, 0.1) is 6.92 Å². The fourth-order valence-corrected chi connectivity index (χ4v) is 2.77. The van der Waals surface area contributed by atoms with E-state index in [4.69, 9.17) is 4.42 Å². The van der Waals surface area contributed by atoms with Crippen LogP contribution in [0.25, 0.3) is 11.0 Å². The van der Waals surface area contributed by atoms with Crippen molar-refractivity contribution in [3.8, 4) is 0 Å². The van der Waals surface area contributed by atoms with Crippen LogP contribution in [-0.2, 0) is 11.2 Å². The maximum absolute atomic E-state index is 12.1. The van der Waals surface area contributed by atoms with Gasteiger partial charge in [-0.25, -0.2) is 0 Å². The Kier molecular flexibility index (Phi) is 3.26. The summed E-state index contributed by atoms with van der Waals surface area (Å²) in [7, 11) is 0. The van der Waals surface area contributed by atoms with E-state index < -0.39 is 0 Å². The zero-order chi connectivity index (χ0) is 14.2. The standard InChI is InChI=1S/C16H19NO3/c1-11-3-4-13-12(9-20-14(13)7-11)8-15(19)17-16(10-18)5-2-6-16/h3-4,7,9,18H,2,5-6,8,10H2,1H3,(H,17,19). The summed E-state index contributed by atoms with van der Waals surface area (Å²) in [4.78, 5) is 12.1. The van der Waals surface area contributed by atoms with E-state index >= 15 is 0 Å². The summed E-state index contributed by atoms with van der Waals surface area (Å²) in [5, 5.41) is 13.3. The Morgan fingerprint density at radius 1 is 1.45 bits per heavy atom. The molecule has 1 heterocycles. The minimum absolute atomic E-state index is 0.0179. The SMILES string of the molecule is Cc1ccc2c(CC(=O)NC3(CO)CCC3)coc2c1. The summed E-state index contributed by atoms with van der Waals surface area (Å²) in [6, 6.07) is 5.97. The van der Waals surface area contributed by atoms with E-state index in [1.165, 1.54) is 0 Å². The summed E-state index contributed by atoms with van der Waals surface area (Å²) in [6.07, 6.45) is 4.73. The number of hydrogen-bond acceptors (Lipinski definition) is 3. The van der Waals surface area contributed by atoms with Crippen LogP contribution < -0.4 is 5.32 Å². The molecule has 4 nitrogen and oxygen atoms in total. The van der Waals surface area contributed by atoms with E-state index in [1.54, 1.807) is 6.26 Å². The van der Waals surface area contributed by atoms with Crippen LogP contribution in [0.2, 0.25) is 0 Å². The molecule has 1 amide bonds. The van der Waals surface area contributed by atoms with Gasteiger partial charge in [-0.1, -0.05) is 12.1 Å². The van der Waals surface area contributed by atoms with Gasteiger partial charge in [0, 0.05) is 10.9 Å². The lowest BCUT2D eigenvalue weighted by Crippen LogP contribution is -2.56. The van der Waals surface area contributed by atoms with E-state index in [-0.39, 0.29) is 24.5 Å². The predicted octanol–water partition coefficient (Wildman–Crippen LogP) is 2.31. The molecule has 4 heteroatoms. The van der Waals surface area contributed by atoms with Gasteiger partial charge >= 0.3 is 0 Å². The Balaban J connectivity index is 1.74. The van der Waals surface area contributed by atoms with Gasteiger partial charge in [0.05, 0.1) is 24.8 Å². The van der Waals surface area contributed by atoms with Gasteiger partial charge < -0.3 is 14.8 Å². The quantitative estimate of drug-likeness (QED) is 0.898. The molecule has 1 aliphatic rings. The van der Waals surface area contributed by atoms with Gasteiger partial charge in [-0.3, -0.25) is 4.79 Å². The minimum atomic E-state index is -0.382. The lowest BCUT2D eigenvalue weighted by molar-refractivity contribution is -0.124. The zero-order valence-electron chi connectivity index (χ0n) is 11.6. The van der Waals surface area contributed by atoms with Gasteiger partial charge in [0.2, 0.25) is 5.91 Å². The summed E-state index contributed by atoms with van der Waals surface area (Å²) in [6.45, 7) is 2.03. The fourth-order valence-electron chi connectivity index (χ4n) is 2.77. The molecule has 0 radical (unpaired) electrons. The van der Waals surface area contributed by atoms with Gasteiger partial charge in [0.25, 0.3) is 0 Å². The highest BCUT2D eigenvalue weighted by Crippen LogP contribution is 2.31. The maximum Gasteiger partial charge on any atom is 0.225 e. The smallest absolute Gasteiger partial charge is 0.225 e. The lowest BCUT2D eigenvalue weighted by atomic mass is 9.77. The van der Waals surface area contributed by atoms with E-state index in [9.17, 15) is 9.90 Å². The second-order valence-electron chi connectivity index (χ2n) is 5.78. The maximum atomic E-state index is 12.1. The molecule has 1 fully saturated rings. The molecule has 1 saturated carbocycles. The molecule has 0 unspecified atom stereocenters. The molecule has 3 rings (SSSR count). The first-order valence-electron chi connectivity index (χ1n) is 7.00. The number of benzene rings is 1. The van der Waals surface area contributed by atoms with Crippen LogP contribution >= 0.6 is 0 Å². The third-order valence-corrected chi connectivity index (χ3v) is 4.18. The van der Waals surface area contributed by atoms with Crippen molar-refractivity contribution in [2.45, 2.75) is 38.1 Å². The van der Waals surface area contributed by atoms with Crippen LogP contribution in [-0.4, -0.2) is 23.2 Å². The first kappa shape index (κ1) is 13.2. The topological polar surface area (TPSA) is 62.5 Å². The van der Waals surface area contributed by atoms with Crippen molar-refractivity contribution >= 4 is 16.9 Å². The summed E-state index contributed by atoms with van der Waals surface area (Å²) in [5.74, 6) is -0.0537. The van der Waals surface area contributed by atoms with E-state index in [0.717, 1.165) is 41.4 Å². The van der Waals surface area contributed by atoms with Crippen LogP contribution in [0.5, 0.6) is 0 Å². The van der Waals surface area contributed by atoms with Gasteiger partial charge in [-0.05, 0) is 37.8 Å². The predicted molar refractivity (Wildman–Crippen MR) is 76.5 cm³/mol. The zero-order valence-corrected chi connectivity index (χ0v) is 11.6. The highest BCUT2D eigenvalue weighted by molar-refractivity contribution is 5.88. The molecule has 2 aromatic rings. The summed E-state index contributed by atoms with van der Waals surface area (Å²) < 4.78 is 5.50. The molecule has 1 aliphatic carbocycles. The van der Waals surface area contributed by atoms with Gasteiger partial charge in [0.1, 0.15) is 5.58 Å². The molecular formula is C16H19NO3. The molecule has 106 valence electrons. The monoisotopic (exact) mass is 273 g/mol. The van der Waals surface area contributed by atoms with Crippen molar-refractivity contribution in [3.05, 3.63) is 35.6 Å². The summed E-state index contributed by atoms with van der Waals surface area (Å²) in [5.41, 5.74) is 2.46. The number of hydrogen-bond donors (Lipinski definition) is 2. The summed E-state index contributed by atoms with van der Waals surface area (Å²) >= 11 is 0. The van der Waals surface area contributed by atoms with Crippen LogP contribution in [0.4, 0.5) is 0 Å². The van der Waals surface area contributed by atoms with Crippen LogP contribution in [0.15, 0.2) is 28.9 Å². The Morgan fingerprint density at radius 3 is 2.90 bits per heavy atom. The Bertz CT molecular complexity index is 635. The van der Waals surface area contributed by atoms with Gasteiger partial charge in [-0.2, -0.15) is 0 Å². The van der Waals surface area contributed by atoms with E-state index in [0.29, 0.717) is 0 Å². The number of aliphatic hydroxyl groups excluding tert-OH is 1. The number of aliphatic hydroxyl groups is 1. The fraction of sp³-hybridized carbons (Fsp3) is 0.438. The van der Waals surface area contributed by atoms with Crippen molar-refractivity contribution in [1.82, 2.24) is 5.32 Å². The molecule has 2 N–H and O–H groups in total. The molecule has 1 aromatic carbocycles. The molecular weight excluding hydrogens is 254 g/mol. The highest BCUT2D eigenvalue weighted by Gasteiger charge is 2.37. The molecule has 0 aliphatic heterocycles. The van der Waals surface area contributed by atoms with Crippen molar-refractivity contribution in [3.63, 3.8) is 0 Å². The number of amides is 1. The third kappa shape index (κ3) is 2.31. The van der Waals surface area contributed by atoms with Crippen LogP contribution in [0.1, 0.15) is 30.4 Å². The minimum Gasteiger partial charge on any atom is -0.464 e. The number of aryl methyl sites for hydroxylation is 1. The molecule has 0 atom stereocenters. The van der Waals surface area contributed by atoms with Gasteiger partial charge in [0.15, 0.2) is 0 Å². The Labute approximate surface area is 117 Å². The first-order valence-corrected chi connectivity index (χ1v) is 7.00. The number of furan rings is 1. The normalized spacial score (nSPS) is 16.9. The highest BCUT2D eigenvalue weighted by atomic mass is 16.3. The van der Waals surface area contributed by atoms with E-state index in [1.807, 2.05) is 25.1 Å². The molecule has 0 bridgehead atoms. The molecule has 20 heavy (non-hydrogen) atoms.